The topological polar surface area (TPSA) is 41.1 Å². The second kappa shape index (κ2) is 5.83. The summed E-state index contributed by atoms with van der Waals surface area (Å²) in [5.74, 6) is 0.0576. The molecule has 2 N–H and O–H groups in total. The highest BCUT2D eigenvalue weighted by molar-refractivity contribution is 5.98. The number of hydrogen-bond acceptors (Lipinski definition) is 2. The Hall–Kier alpha value is -2.55. The van der Waals surface area contributed by atoms with Crippen LogP contribution in [0.25, 0.3) is 11.6 Å². The zero-order valence-corrected chi connectivity index (χ0v) is 12.0. The summed E-state index contributed by atoms with van der Waals surface area (Å²) in [4.78, 5) is 11.6. The van der Waals surface area contributed by atoms with Gasteiger partial charge in [0.1, 0.15) is 0 Å². The highest BCUT2D eigenvalue weighted by atomic mass is 16.1. The molecule has 0 spiro atoms. The summed E-state index contributed by atoms with van der Waals surface area (Å²) in [5.41, 5.74) is 5.34. The Kier molecular flexibility index (Phi) is 3.73. The molecule has 0 fully saturated rings. The van der Waals surface area contributed by atoms with Crippen molar-refractivity contribution in [2.24, 2.45) is 0 Å². The molecule has 0 bridgehead atoms. The molecule has 21 heavy (non-hydrogen) atoms. The molecule has 3 heteroatoms. The number of carbonyl (C=O) groups excluding carboxylic acids is 1. The first kappa shape index (κ1) is 13.4. The average molecular weight is 278 g/mol. The number of para-hydroxylation sites is 1. The van der Waals surface area contributed by atoms with Gasteiger partial charge in [0.2, 0.25) is 5.91 Å². The van der Waals surface area contributed by atoms with Crippen molar-refractivity contribution >= 4 is 28.9 Å². The first-order valence-electron chi connectivity index (χ1n) is 7.14. The molecule has 2 aromatic rings. The lowest BCUT2D eigenvalue weighted by molar-refractivity contribution is -0.115. The number of carbonyl (C=O) groups is 1. The molecule has 0 saturated heterocycles. The number of anilines is 2. The van der Waals surface area contributed by atoms with E-state index in [0.29, 0.717) is 13.0 Å². The summed E-state index contributed by atoms with van der Waals surface area (Å²) >= 11 is 0. The summed E-state index contributed by atoms with van der Waals surface area (Å²) in [7, 11) is 0. The highest BCUT2D eigenvalue weighted by Gasteiger charge is 2.14. The SMILES string of the molecule is C/C(=C\c1cccc2c1NCCC(=O)N2)c1ccccc1. The first-order valence-corrected chi connectivity index (χ1v) is 7.14. The second-order valence-electron chi connectivity index (χ2n) is 5.19. The number of benzene rings is 2. The van der Waals surface area contributed by atoms with Gasteiger partial charge in [0.25, 0.3) is 0 Å². The van der Waals surface area contributed by atoms with Gasteiger partial charge in [-0.1, -0.05) is 42.5 Å². The highest BCUT2D eigenvalue weighted by Crippen LogP contribution is 2.31. The van der Waals surface area contributed by atoms with Gasteiger partial charge >= 0.3 is 0 Å². The molecule has 1 aliphatic rings. The van der Waals surface area contributed by atoms with Gasteiger partial charge in [-0.3, -0.25) is 4.79 Å². The maximum atomic E-state index is 11.6. The fraction of sp³-hybridized carbons (Fsp3) is 0.167. The lowest BCUT2D eigenvalue weighted by Gasteiger charge is -2.12. The lowest BCUT2D eigenvalue weighted by Crippen LogP contribution is -2.10. The van der Waals surface area contributed by atoms with E-state index in [0.717, 1.165) is 16.9 Å². The molecule has 106 valence electrons. The van der Waals surface area contributed by atoms with Crippen molar-refractivity contribution in [3.63, 3.8) is 0 Å². The summed E-state index contributed by atoms with van der Waals surface area (Å²) in [6, 6.07) is 16.3. The quantitative estimate of drug-likeness (QED) is 0.815. The Balaban J connectivity index is 2.00. The Morgan fingerprint density at radius 2 is 1.90 bits per heavy atom. The fourth-order valence-corrected chi connectivity index (χ4v) is 2.52. The molecule has 2 aromatic carbocycles. The summed E-state index contributed by atoms with van der Waals surface area (Å²) in [5, 5.41) is 6.30. The van der Waals surface area contributed by atoms with Gasteiger partial charge in [-0.25, -0.2) is 0 Å². The first-order chi connectivity index (χ1) is 10.2. The van der Waals surface area contributed by atoms with E-state index in [-0.39, 0.29) is 5.91 Å². The van der Waals surface area contributed by atoms with Gasteiger partial charge in [0.05, 0.1) is 11.4 Å². The molecular formula is C18H18N2O. The molecule has 0 aliphatic carbocycles. The number of fused-ring (bicyclic) bond motifs is 1. The number of allylic oxidation sites excluding steroid dienone is 1. The Labute approximate surface area is 124 Å². The largest absolute Gasteiger partial charge is 0.382 e. The van der Waals surface area contributed by atoms with Crippen molar-refractivity contribution in [2.75, 3.05) is 17.2 Å². The van der Waals surface area contributed by atoms with Crippen LogP contribution in [0.15, 0.2) is 48.5 Å². The van der Waals surface area contributed by atoms with Gasteiger partial charge < -0.3 is 10.6 Å². The number of hydrogen-bond donors (Lipinski definition) is 2. The third kappa shape index (κ3) is 2.97. The van der Waals surface area contributed by atoms with Crippen LogP contribution >= 0.6 is 0 Å². The van der Waals surface area contributed by atoms with Crippen molar-refractivity contribution in [3.05, 3.63) is 59.7 Å². The molecular weight excluding hydrogens is 260 g/mol. The van der Waals surface area contributed by atoms with Crippen molar-refractivity contribution < 1.29 is 4.79 Å². The maximum absolute atomic E-state index is 11.6. The third-order valence-electron chi connectivity index (χ3n) is 3.63. The molecule has 0 radical (unpaired) electrons. The van der Waals surface area contributed by atoms with Crippen molar-refractivity contribution in [3.8, 4) is 0 Å². The van der Waals surface area contributed by atoms with Crippen LogP contribution in [0, 0.1) is 0 Å². The Morgan fingerprint density at radius 3 is 2.71 bits per heavy atom. The smallest absolute Gasteiger partial charge is 0.226 e. The van der Waals surface area contributed by atoms with E-state index in [1.54, 1.807) is 0 Å². The minimum absolute atomic E-state index is 0.0576. The van der Waals surface area contributed by atoms with Crippen LogP contribution in [0.2, 0.25) is 0 Å². The molecule has 0 aromatic heterocycles. The van der Waals surface area contributed by atoms with E-state index in [1.165, 1.54) is 11.1 Å². The monoisotopic (exact) mass is 278 g/mol. The van der Waals surface area contributed by atoms with Crippen LogP contribution in [0.3, 0.4) is 0 Å². The Bertz CT molecular complexity index is 690. The zero-order chi connectivity index (χ0) is 14.7. The van der Waals surface area contributed by atoms with E-state index >= 15 is 0 Å². The van der Waals surface area contributed by atoms with Crippen LogP contribution in [0.1, 0.15) is 24.5 Å². The molecule has 3 rings (SSSR count). The minimum Gasteiger partial charge on any atom is -0.382 e. The van der Waals surface area contributed by atoms with Gasteiger partial charge in [-0.2, -0.15) is 0 Å². The van der Waals surface area contributed by atoms with Gasteiger partial charge in [-0.15, -0.1) is 0 Å². The lowest BCUT2D eigenvalue weighted by atomic mass is 10.0. The van der Waals surface area contributed by atoms with E-state index < -0.39 is 0 Å². The third-order valence-corrected chi connectivity index (χ3v) is 3.63. The number of nitrogens with one attached hydrogen (secondary N) is 2. The van der Waals surface area contributed by atoms with Crippen LogP contribution in [0.5, 0.6) is 0 Å². The normalized spacial score (nSPS) is 14.7. The average Bonchev–Trinajstić information content (AvgIpc) is 2.69. The molecule has 1 heterocycles. The van der Waals surface area contributed by atoms with Gasteiger partial charge in [0, 0.05) is 18.5 Å². The summed E-state index contributed by atoms with van der Waals surface area (Å²) in [6.45, 7) is 2.76. The van der Waals surface area contributed by atoms with Crippen molar-refractivity contribution in [1.29, 1.82) is 0 Å². The van der Waals surface area contributed by atoms with Crippen molar-refractivity contribution in [2.45, 2.75) is 13.3 Å². The van der Waals surface area contributed by atoms with E-state index in [4.69, 9.17) is 0 Å². The predicted octanol–water partition coefficient (Wildman–Crippen LogP) is 4.00. The fourth-order valence-electron chi connectivity index (χ4n) is 2.52. The Morgan fingerprint density at radius 1 is 1.10 bits per heavy atom. The van der Waals surface area contributed by atoms with E-state index in [1.807, 2.05) is 30.3 Å². The van der Waals surface area contributed by atoms with E-state index in [9.17, 15) is 4.79 Å². The standard InChI is InChI=1S/C18H18N2O/c1-13(14-6-3-2-4-7-14)12-15-8-5-9-16-18(15)19-11-10-17(21)20-16/h2-9,12,19H,10-11H2,1H3,(H,20,21)/b13-12+. The molecule has 0 saturated carbocycles. The number of amides is 1. The number of rotatable bonds is 2. The molecule has 1 aliphatic heterocycles. The molecule has 3 nitrogen and oxygen atoms in total. The van der Waals surface area contributed by atoms with Crippen molar-refractivity contribution in [1.82, 2.24) is 0 Å². The second-order valence-corrected chi connectivity index (χ2v) is 5.19. The maximum Gasteiger partial charge on any atom is 0.226 e. The van der Waals surface area contributed by atoms with Gasteiger partial charge in [-0.05, 0) is 30.2 Å². The molecule has 0 atom stereocenters. The predicted molar refractivity (Wildman–Crippen MR) is 88.2 cm³/mol. The summed E-state index contributed by atoms with van der Waals surface area (Å²) < 4.78 is 0. The minimum atomic E-state index is 0.0576. The van der Waals surface area contributed by atoms with Crippen LogP contribution in [-0.2, 0) is 4.79 Å². The van der Waals surface area contributed by atoms with Crippen LogP contribution < -0.4 is 10.6 Å². The van der Waals surface area contributed by atoms with Crippen LogP contribution in [0.4, 0.5) is 11.4 Å². The zero-order valence-electron chi connectivity index (χ0n) is 12.0. The molecule has 1 amide bonds. The van der Waals surface area contributed by atoms with Crippen LogP contribution in [-0.4, -0.2) is 12.5 Å². The summed E-state index contributed by atoms with van der Waals surface area (Å²) in [6.07, 6.45) is 2.65. The van der Waals surface area contributed by atoms with E-state index in [2.05, 4.69) is 41.8 Å². The molecule has 0 unspecified atom stereocenters. The van der Waals surface area contributed by atoms with Gasteiger partial charge in [0.15, 0.2) is 0 Å².